The SMILES string of the molecule is CCCCCCCC1OC1CC=O. The molecule has 2 atom stereocenters. The first-order valence-electron chi connectivity index (χ1n) is 5.47. The molecule has 2 unspecified atom stereocenters. The van der Waals surface area contributed by atoms with Crippen molar-refractivity contribution in [2.75, 3.05) is 0 Å². The van der Waals surface area contributed by atoms with E-state index in [9.17, 15) is 4.79 Å². The Labute approximate surface area is 80.7 Å². The molecule has 76 valence electrons. The largest absolute Gasteiger partial charge is 0.369 e. The molecule has 0 amide bonds. The van der Waals surface area contributed by atoms with Gasteiger partial charge in [0.1, 0.15) is 6.29 Å². The van der Waals surface area contributed by atoms with Crippen molar-refractivity contribution in [3.8, 4) is 0 Å². The fraction of sp³-hybridized carbons (Fsp3) is 0.909. The third-order valence-electron chi connectivity index (χ3n) is 2.61. The second-order valence-electron chi connectivity index (χ2n) is 3.82. The number of ether oxygens (including phenoxy) is 1. The number of aldehydes is 1. The van der Waals surface area contributed by atoms with Gasteiger partial charge in [0.15, 0.2) is 0 Å². The zero-order chi connectivity index (χ0) is 9.52. The van der Waals surface area contributed by atoms with E-state index in [0.29, 0.717) is 12.5 Å². The number of unbranched alkanes of at least 4 members (excludes halogenated alkanes) is 4. The van der Waals surface area contributed by atoms with Crippen molar-refractivity contribution in [1.82, 2.24) is 0 Å². The molecule has 0 aromatic heterocycles. The average Bonchev–Trinajstić information content (AvgIpc) is 2.84. The van der Waals surface area contributed by atoms with Crippen molar-refractivity contribution in [2.24, 2.45) is 0 Å². The topological polar surface area (TPSA) is 29.6 Å². The quantitative estimate of drug-likeness (QED) is 0.330. The van der Waals surface area contributed by atoms with Gasteiger partial charge in [0.2, 0.25) is 0 Å². The summed E-state index contributed by atoms with van der Waals surface area (Å²) in [6.07, 6.45) is 9.97. The third kappa shape index (κ3) is 4.41. The molecule has 1 aliphatic heterocycles. The molecule has 0 radical (unpaired) electrons. The first-order valence-corrected chi connectivity index (χ1v) is 5.47. The number of hydrogen-bond acceptors (Lipinski definition) is 2. The van der Waals surface area contributed by atoms with Crippen molar-refractivity contribution in [3.05, 3.63) is 0 Å². The highest BCUT2D eigenvalue weighted by Gasteiger charge is 2.36. The lowest BCUT2D eigenvalue weighted by molar-refractivity contribution is -0.108. The van der Waals surface area contributed by atoms with E-state index in [2.05, 4.69) is 6.92 Å². The molecular formula is C11H20O2. The molecule has 0 spiro atoms. The van der Waals surface area contributed by atoms with E-state index < -0.39 is 0 Å². The Kier molecular flexibility index (Phi) is 5.06. The fourth-order valence-corrected chi connectivity index (χ4v) is 1.68. The number of hydrogen-bond donors (Lipinski definition) is 0. The molecule has 0 aliphatic carbocycles. The first kappa shape index (κ1) is 10.7. The lowest BCUT2D eigenvalue weighted by atomic mass is 10.1. The highest BCUT2D eigenvalue weighted by atomic mass is 16.6. The van der Waals surface area contributed by atoms with Gasteiger partial charge in [0.25, 0.3) is 0 Å². The highest BCUT2D eigenvalue weighted by Crippen LogP contribution is 2.29. The zero-order valence-electron chi connectivity index (χ0n) is 8.50. The van der Waals surface area contributed by atoms with E-state index in [1.54, 1.807) is 0 Å². The Bertz CT molecular complexity index is 145. The molecule has 0 saturated carbocycles. The van der Waals surface area contributed by atoms with Crippen LogP contribution in [-0.2, 0) is 9.53 Å². The van der Waals surface area contributed by atoms with Gasteiger partial charge in [-0.15, -0.1) is 0 Å². The highest BCUT2D eigenvalue weighted by molar-refractivity contribution is 5.51. The van der Waals surface area contributed by atoms with Crippen LogP contribution in [-0.4, -0.2) is 18.5 Å². The standard InChI is InChI=1S/C11H20O2/c1-2-3-4-5-6-7-10-11(13-10)8-9-12/h9-11H,2-8H2,1H3. The van der Waals surface area contributed by atoms with Crippen molar-refractivity contribution < 1.29 is 9.53 Å². The molecule has 2 heteroatoms. The summed E-state index contributed by atoms with van der Waals surface area (Å²) in [5.74, 6) is 0. The van der Waals surface area contributed by atoms with Crippen LogP contribution in [0.5, 0.6) is 0 Å². The molecule has 0 bridgehead atoms. The second kappa shape index (κ2) is 6.14. The van der Waals surface area contributed by atoms with Gasteiger partial charge in [0.05, 0.1) is 12.2 Å². The molecule has 13 heavy (non-hydrogen) atoms. The smallest absolute Gasteiger partial charge is 0.122 e. The van der Waals surface area contributed by atoms with Crippen LogP contribution in [0.15, 0.2) is 0 Å². The van der Waals surface area contributed by atoms with Crippen LogP contribution in [0.4, 0.5) is 0 Å². The Morgan fingerprint density at radius 1 is 1.15 bits per heavy atom. The van der Waals surface area contributed by atoms with Crippen LogP contribution < -0.4 is 0 Å². The zero-order valence-corrected chi connectivity index (χ0v) is 8.50. The second-order valence-corrected chi connectivity index (χ2v) is 3.82. The van der Waals surface area contributed by atoms with Crippen LogP contribution in [0.2, 0.25) is 0 Å². The molecule has 1 saturated heterocycles. The van der Waals surface area contributed by atoms with E-state index in [1.165, 1.54) is 32.1 Å². The van der Waals surface area contributed by atoms with Crippen molar-refractivity contribution >= 4 is 6.29 Å². The molecule has 1 aliphatic rings. The van der Waals surface area contributed by atoms with E-state index in [-0.39, 0.29) is 6.10 Å². The number of epoxide rings is 1. The minimum atomic E-state index is 0.267. The van der Waals surface area contributed by atoms with Gasteiger partial charge in [-0.1, -0.05) is 39.0 Å². The first-order chi connectivity index (χ1) is 6.38. The predicted octanol–water partition coefficient (Wildman–Crippen LogP) is 2.70. The normalized spacial score (nSPS) is 25.9. The molecule has 2 nitrogen and oxygen atoms in total. The molecule has 1 fully saturated rings. The van der Waals surface area contributed by atoms with Crippen molar-refractivity contribution in [2.45, 2.75) is 64.1 Å². The van der Waals surface area contributed by atoms with E-state index in [4.69, 9.17) is 4.74 Å². The Balaban J connectivity index is 1.82. The summed E-state index contributed by atoms with van der Waals surface area (Å²) in [6.45, 7) is 2.23. The number of carbonyl (C=O) groups is 1. The maximum Gasteiger partial charge on any atom is 0.122 e. The molecule has 0 aromatic carbocycles. The summed E-state index contributed by atoms with van der Waals surface area (Å²) >= 11 is 0. The van der Waals surface area contributed by atoms with Gasteiger partial charge < -0.3 is 9.53 Å². The molecular weight excluding hydrogens is 164 g/mol. The van der Waals surface area contributed by atoms with Gasteiger partial charge in [-0.3, -0.25) is 0 Å². The number of carbonyl (C=O) groups excluding carboxylic acids is 1. The Morgan fingerprint density at radius 2 is 1.92 bits per heavy atom. The maximum atomic E-state index is 10.1. The van der Waals surface area contributed by atoms with Gasteiger partial charge in [0, 0.05) is 6.42 Å². The van der Waals surface area contributed by atoms with E-state index in [1.807, 2.05) is 0 Å². The molecule has 0 aromatic rings. The van der Waals surface area contributed by atoms with Crippen LogP contribution >= 0.6 is 0 Å². The molecule has 1 rings (SSSR count). The summed E-state index contributed by atoms with van der Waals surface area (Å²) in [5, 5.41) is 0. The predicted molar refractivity (Wildman–Crippen MR) is 52.7 cm³/mol. The molecule has 0 N–H and O–H groups in total. The van der Waals surface area contributed by atoms with Crippen LogP contribution in [0.3, 0.4) is 0 Å². The summed E-state index contributed by atoms with van der Waals surface area (Å²) in [4.78, 5) is 10.1. The lowest BCUT2D eigenvalue weighted by Gasteiger charge is -1.96. The van der Waals surface area contributed by atoms with Crippen molar-refractivity contribution in [3.63, 3.8) is 0 Å². The van der Waals surface area contributed by atoms with Gasteiger partial charge in [-0.05, 0) is 6.42 Å². The van der Waals surface area contributed by atoms with Crippen molar-refractivity contribution in [1.29, 1.82) is 0 Å². The fourth-order valence-electron chi connectivity index (χ4n) is 1.68. The molecule has 1 heterocycles. The van der Waals surface area contributed by atoms with E-state index >= 15 is 0 Å². The summed E-state index contributed by atoms with van der Waals surface area (Å²) in [5.41, 5.74) is 0. The summed E-state index contributed by atoms with van der Waals surface area (Å²) in [6, 6.07) is 0. The van der Waals surface area contributed by atoms with Crippen LogP contribution in [0.1, 0.15) is 51.9 Å². The van der Waals surface area contributed by atoms with Gasteiger partial charge >= 0.3 is 0 Å². The van der Waals surface area contributed by atoms with E-state index in [0.717, 1.165) is 12.7 Å². The number of rotatable bonds is 8. The average molecular weight is 184 g/mol. The van der Waals surface area contributed by atoms with Crippen LogP contribution in [0, 0.1) is 0 Å². The Morgan fingerprint density at radius 3 is 2.62 bits per heavy atom. The third-order valence-corrected chi connectivity index (χ3v) is 2.61. The lowest BCUT2D eigenvalue weighted by Crippen LogP contribution is -1.94. The maximum absolute atomic E-state index is 10.1. The minimum Gasteiger partial charge on any atom is -0.369 e. The summed E-state index contributed by atoms with van der Waals surface area (Å²) in [7, 11) is 0. The van der Waals surface area contributed by atoms with Crippen LogP contribution in [0.25, 0.3) is 0 Å². The Hall–Kier alpha value is -0.370. The monoisotopic (exact) mass is 184 g/mol. The summed E-state index contributed by atoms with van der Waals surface area (Å²) < 4.78 is 5.33. The minimum absolute atomic E-state index is 0.267. The van der Waals surface area contributed by atoms with Gasteiger partial charge in [-0.2, -0.15) is 0 Å². The van der Waals surface area contributed by atoms with Gasteiger partial charge in [-0.25, -0.2) is 0 Å².